The fourth-order valence-electron chi connectivity index (χ4n) is 3.24. The summed E-state index contributed by atoms with van der Waals surface area (Å²) in [5.74, 6) is 2.51. The smallest absolute Gasteiger partial charge is 0.257 e. The Morgan fingerprint density at radius 3 is 1.45 bits per heavy atom. The molecule has 2 unspecified atom stereocenters. The number of nitrogens with one attached hydrogen (secondary N) is 2. The number of hydrogen-bond donors (Lipinski definition) is 4. The zero-order valence-electron chi connectivity index (χ0n) is 20.8. The van der Waals surface area contributed by atoms with E-state index < -0.39 is 0 Å². The van der Waals surface area contributed by atoms with E-state index in [-0.39, 0.29) is 12.2 Å². The minimum absolute atomic E-state index is 0.269. The first kappa shape index (κ1) is 29.9. The summed E-state index contributed by atoms with van der Waals surface area (Å²) in [5, 5.41) is 6.88. The van der Waals surface area contributed by atoms with Crippen LogP contribution in [-0.2, 0) is 22.6 Å². The Hall–Kier alpha value is -2.66. The first-order chi connectivity index (χ1) is 18.6. The molecular formula is C28H32N2O4S4. The number of rotatable bonds is 14. The summed E-state index contributed by atoms with van der Waals surface area (Å²) in [6, 6.07) is 27.2. The molecule has 0 heterocycles. The first-order valence-corrected chi connectivity index (χ1v) is 14.2. The number of thiocarbonyl (C=S) groups is 2. The van der Waals surface area contributed by atoms with E-state index in [1.54, 1.807) is 0 Å². The standard InChI is InChI=1S/C28H32N2O4S4/c35-19-25(17-31-23-10-3-1-4-11-23)33-27(37)29-15-21-8-7-9-22(14-21)16-30-28(38)34-26(20-36)18-32-24-12-5-2-6-13-24/h1-14,25-26,35-36H,15-20H2,(H,29,37)(H,30,38). The van der Waals surface area contributed by atoms with Gasteiger partial charge in [-0.25, -0.2) is 0 Å². The zero-order valence-corrected chi connectivity index (χ0v) is 24.2. The van der Waals surface area contributed by atoms with E-state index in [0.717, 1.165) is 22.6 Å². The van der Waals surface area contributed by atoms with Crippen molar-refractivity contribution in [2.24, 2.45) is 0 Å². The lowest BCUT2D eigenvalue weighted by Gasteiger charge is -2.19. The Kier molecular flexibility index (Phi) is 13.4. The molecule has 202 valence electrons. The van der Waals surface area contributed by atoms with Crippen LogP contribution in [0.1, 0.15) is 11.1 Å². The lowest BCUT2D eigenvalue weighted by molar-refractivity contribution is 0.135. The first-order valence-electron chi connectivity index (χ1n) is 12.1. The Bertz CT molecular complexity index is 1040. The lowest BCUT2D eigenvalue weighted by Crippen LogP contribution is -2.33. The van der Waals surface area contributed by atoms with E-state index in [1.165, 1.54) is 0 Å². The summed E-state index contributed by atoms with van der Waals surface area (Å²) in [6.45, 7) is 1.74. The van der Waals surface area contributed by atoms with Crippen molar-refractivity contribution < 1.29 is 18.9 Å². The molecule has 3 rings (SSSR count). The van der Waals surface area contributed by atoms with Crippen LogP contribution in [-0.4, -0.2) is 47.3 Å². The largest absolute Gasteiger partial charge is 0.490 e. The topological polar surface area (TPSA) is 61.0 Å². The molecule has 2 atom stereocenters. The number of ether oxygens (including phenoxy) is 4. The van der Waals surface area contributed by atoms with E-state index in [9.17, 15) is 0 Å². The molecule has 0 aliphatic rings. The molecule has 2 N–H and O–H groups in total. The number of thiol groups is 2. The fourth-order valence-corrected chi connectivity index (χ4v) is 4.02. The third-order valence-electron chi connectivity index (χ3n) is 5.18. The van der Waals surface area contributed by atoms with Crippen LogP contribution in [0.2, 0.25) is 0 Å². The maximum atomic E-state index is 5.80. The van der Waals surface area contributed by atoms with Gasteiger partial charge in [-0.05, 0) is 59.8 Å². The third-order valence-corrected chi connectivity index (χ3v) is 6.47. The maximum Gasteiger partial charge on any atom is 0.257 e. The van der Waals surface area contributed by atoms with Crippen molar-refractivity contribution in [1.29, 1.82) is 0 Å². The molecule has 0 aliphatic carbocycles. The van der Waals surface area contributed by atoms with Crippen LogP contribution in [0.15, 0.2) is 84.9 Å². The summed E-state index contributed by atoms with van der Waals surface area (Å²) in [5.41, 5.74) is 2.10. The molecule has 0 amide bonds. The Balaban J connectivity index is 1.38. The summed E-state index contributed by atoms with van der Waals surface area (Å²) < 4.78 is 23.1. The molecule has 0 spiro atoms. The highest BCUT2D eigenvalue weighted by Gasteiger charge is 2.13. The van der Waals surface area contributed by atoms with Crippen molar-refractivity contribution >= 4 is 60.0 Å². The average molecular weight is 589 g/mol. The van der Waals surface area contributed by atoms with Crippen LogP contribution >= 0.6 is 49.7 Å². The molecular weight excluding hydrogens is 557 g/mol. The van der Waals surface area contributed by atoms with Gasteiger partial charge in [0.2, 0.25) is 0 Å². The van der Waals surface area contributed by atoms with Gasteiger partial charge in [0.05, 0.1) is 0 Å². The van der Waals surface area contributed by atoms with Crippen molar-refractivity contribution in [2.45, 2.75) is 25.3 Å². The van der Waals surface area contributed by atoms with Crippen LogP contribution in [0.25, 0.3) is 0 Å². The van der Waals surface area contributed by atoms with Gasteiger partial charge in [0.25, 0.3) is 10.3 Å². The van der Waals surface area contributed by atoms with Gasteiger partial charge in [-0.2, -0.15) is 25.3 Å². The molecule has 0 saturated heterocycles. The summed E-state index contributed by atoms with van der Waals surface area (Å²) in [4.78, 5) is 0. The van der Waals surface area contributed by atoms with Crippen molar-refractivity contribution in [1.82, 2.24) is 10.6 Å². The molecule has 3 aromatic carbocycles. The second-order valence-electron chi connectivity index (χ2n) is 8.19. The third kappa shape index (κ3) is 11.4. The highest BCUT2D eigenvalue weighted by Crippen LogP contribution is 2.12. The highest BCUT2D eigenvalue weighted by atomic mass is 32.1. The summed E-state index contributed by atoms with van der Waals surface area (Å²) in [6.07, 6.45) is -0.538. The molecule has 38 heavy (non-hydrogen) atoms. The van der Waals surface area contributed by atoms with E-state index in [2.05, 4.69) is 42.0 Å². The predicted molar refractivity (Wildman–Crippen MR) is 167 cm³/mol. The van der Waals surface area contributed by atoms with E-state index in [0.29, 0.717) is 48.2 Å². The van der Waals surface area contributed by atoms with Gasteiger partial charge >= 0.3 is 0 Å². The van der Waals surface area contributed by atoms with E-state index in [1.807, 2.05) is 78.9 Å². The number of benzene rings is 3. The molecule has 0 radical (unpaired) electrons. The van der Waals surface area contributed by atoms with Gasteiger partial charge in [-0.15, -0.1) is 0 Å². The van der Waals surface area contributed by atoms with Crippen LogP contribution in [0.3, 0.4) is 0 Å². The van der Waals surface area contributed by atoms with E-state index >= 15 is 0 Å². The van der Waals surface area contributed by atoms with Crippen LogP contribution in [0.5, 0.6) is 11.5 Å². The SMILES string of the molecule is S=C(NCc1cccc(CNC(=S)OC(CS)COc2ccccc2)c1)OC(CS)COc1ccccc1. The summed E-state index contributed by atoms with van der Waals surface area (Å²) >= 11 is 19.4. The molecule has 0 aromatic heterocycles. The second-order valence-corrected chi connectivity index (χ2v) is 9.67. The summed E-state index contributed by atoms with van der Waals surface area (Å²) in [7, 11) is 0. The monoisotopic (exact) mass is 588 g/mol. The second kappa shape index (κ2) is 17.0. The van der Waals surface area contributed by atoms with Gasteiger partial charge in [0.1, 0.15) is 36.9 Å². The van der Waals surface area contributed by atoms with E-state index in [4.69, 9.17) is 43.4 Å². The molecule has 0 fully saturated rings. The Labute approximate surface area is 246 Å². The lowest BCUT2D eigenvalue weighted by atomic mass is 10.1. The molecule has 10 heteroatoms. The van der Waals surface area contributed by atoms with Crippen LogP contribution < -0.4 is 20.1 Å². The van der Waals surface area contributed by atoms with Gasteiger partial charge in [0, 0.05) is 24.6 Å². The van der Waals surface area contributed by atoms with Gasteiger partial charge in [-0.3, -0.25) is 0 Å². The van der Waals surface area contributed by atoms with Gasteiger partial charge < -0.3 is 29.6 Å². The van der Waals surface area contributed by atoms with Crippen LogP contribution in [0, 0.1) is 0 Å². The molecule has 6 nitrogen and oxygen atoms in total. The molecule has 0 aliphatic heterocycles. The normalized spacial score (nSPS) is 12.1. The van der Waals surface area contributed by atoms with Crippen molar-refractivity contribution in [2.75, 3.05) is 24.7 Å². The molecule has 0 saturated carbocycles. The highest BCUT2D eigenvalue weighted by molar-refractivity contribution is 7.80. The average Bonchev–Trinajstić information content (AvgIpc) is 2.96. The zero-order chi connectivity index (χ0) is 27.0. The molecule has 0 bridgehead atoms. The fraction of sp³-hybridized carbons (Fsp3) is 0.286. The Morgan fingerprint density at radius 2 is 1.05 bits per heavy atom. The van der Waals surface area contributed by atoms with Crippen LogP contribution in [0.4, 0.5) is 0 Å². The number of hydrogen-bond acceptors (Lipinski definition) is 8. The quantitative estimate of drug-likeness (QED) is 0.151. The predicted octanol–water partition coefficient (Wildman–Crippen LogP) is 5.22. The van der Waals surface area contributed by atoms with Gasteiger partial charge in [-0.1, -0.05) is 60.7 Å². The van der Waals surface area contributed by atoms with Crippen molar-refractivity contribution in [3.8, 4) is 11.5 Å². The Morgan fingerprint density at radius 1 is 0.632 bits per heavy atom. The molecule has 3 aromatic rings. The number of para-hydroxylation sites is 2. The van der Waals surface area contributed by atoms with Crippen molar-refractivity contribution in [3.63, 3.8) is 0 Å². The van der Waals surface area contributed by atoms with Crippen molar-refractivity contribution in [3.05, 3.63) is 96.1 Å². The maximum absolute atomic E-state index is 5.80. The minimum Gasteiger partial charge on any atom is -0.490 e. The van der Waals surface area contributed by atoms with Gasteiger partial charge in [0.15, 0.2) is 0 Å². The minimum atomic E-state index is -0.269.